The van der Waals surface area contributed by atoms with Crippen molar-refractivity contribution in [1.82, 2.24) is 5.32 Å². The molecule has 21 heavy (non-hydrogen) atoms. The van der Waals surface area contributed by atoms with Crippen LogP contribution in [-0.2, 0) is 6.54 Å². The summed E-state index contributed by atoms with van der Waals surface area (Å²) in [5.74, 6) is -0.0762. The zero-order chi connectivity index (χ0) is 15.2. The molecule has 0 aromatic heterocycles. The Hall–Kier alpha value is -2.82. The standard InChI is InChI=1S/C16H16N2O3/c1-21-14-7-3-6-13(9-14)16(20)18-10-11-4-2-5-12(8-11)15(17)19/h2-9H,10H2,1H3,(H2,17,19)(H,18,20). The normalized spacial score (nSPS) is 9.95. The highest BCUT2D eigenvalue weighted by Gasteiger charge is 2.07. The summed E-state index contributed by atoms with van der Waals surface area (Å²) in [5, 5.41) is 2.79. The van der Waals surface area contributed by atoms with Crippen molar-refractivity contribution in [3.8, 4) is 5.75 Å². The van der Waals surface area contributed by atoms with E-state index in [0.29, 0.717) is 23.4 Å². The van der Waals surface area contributed by atoms with Gasteiger partial charge in [-0.05, 0) is 35.9 Å². The van der Waals surface area contributed by atoms with Gasteiger partial charge in [-0.1, -0.05) is 18.2 Å². The summed E-state index contributed by atoms with van der Waals surface area (Å²) in [5.41, 5.74) is 6.96. The molecule has 2 aromatic rings. The predicted molar refractivity (Wildman–Crippen MR) is 79.1 cm³/mol. The van der Waals surface area contributed by atoms with Crippen LogP contribution in [0.25, 0.3) is 0 Å². The van der Waals surface area contributed by atoms with Gasteiger partial charge in [0.15, 0.2) is 0 Å². The van der Waals surface area contributed by atoms with Gasteiger partial charge in [-0.2, -0.15) is 0 Å². The minimum atomic E-state index is -0.490. The summed E-state index contributed by atoms with van der Waals surface area (Å²) in [6.45, 7) is 0.317. The third kappa shape index (κ3) is 3.82. The van der Waals surface area contributed by atoms with Crippen LogP contribution in [0.1, 0.15) is 26.3 Å². The number of hydrogen-bond donors (Lipinski definition) is 2. The molecule has 0 bridgehead atoms. The van der Waals surface area contributed by atoms with Crippen LogP contribution >= 0.6 is 0 Å². The summed E-state index contributed by atoms with van der Waals surface area (Å²) in [4.78, 5) is 23.2. The first kappa shape index (κ1) is 14.6. The number of benzene rings is 2. The number of rotatable bonds is 5. The highest BCUT2D eigenvalue weighted by atomic mass is 16.5. The van der Waals surface area contributed by atoms with Crippen molar-refractivity contribution in [3.63, 3.8) is 0 Å². The molecule has 0 radical (unpaired) electrons. The van der Waals surface area contributed by atoms with Gasteiger partial charge in [-0.15, -0.1) is 0 Å². The van der Waals surface area contributed by atoms with E-state index < -0.39 is 5.91 Å². The van der Waals surface area contributed by atoms with E-state index in [1.165, 1.54) is 0 Å². The molecule has 3 N–H and O–H groups in total. The number of ether oxygens (including phenoxy) is 1. The number of hydrogen-bond acceptors (Lipinski definition) is 3. The van der Waals surface area contributed by atoms with E-state index in [9.17, 15) is 9.59 Å². The molecule has 2 amide bonds. The smallest absolute Gasteiger partial charge is 0.251 e. The van der Waals surface area contributed by atoms with Crippen LogP contribution in [0.3, 0.4) is 0 Å². The zero-order valence-corrected chi connectivity index (χ0v) is 11.6. The fourth-order valence-electron chi connectivity index (χ4n) is 1.88. The number of nitrogens with two attached hydrogens (primary N) is 1. The lowest BCUT2D eigenvalue weighted by Crippen LogP contribution is -2.23. The highest BCUT2D eigenvalue weighted by molar-refractivity contribution is 5.95. The molecule has 5 nitrogen and oxygen atoms in total. The fraction of sp³-hybridized carbons (Fsp3) is 0.125. The maximum Gasteiger partial charge on any atom is 0.251 e. The van der Waals surface area contributed by atoms with Gasteiger partial charge in [-0.25, -0.2) is 0 Å². The Morgan fingerprint density at radius 3 is 2.52 bits per heavy atom. The number of methoxy groups -OCH3 is 1. The Kier molecular flexibility index (Phi) is 4.56. The molecule has 0 spiro atoms. The first-order chi connectivity index (χ1) is 10.1. The monoisotopic (exact) mass is 284 g/mol. The van der Waals surface area contributed by atoms with Crippen molar-refractivity contribution in [2.75, 3.05) is 7.11 Å². The second-order valence-electron chi connectivity index (χ2n) is 4.48. The molecule has 0 unspecified atom stereocenters. The molecule has 0 aliphatic carbocycles. The van der Waals surface area contributed by atoms with Crippen LogP contribution in [0, 0.1) is 0 Å². The van der Waals surface area contributed by atoms with E-state index in [1.54, 1.807) is 49.6 Å². The molecule has 0 aliphatic heterocycles. The van der Waals surface area contributed by atoms with Crippen LogP contribution < -0.4 is 15.8 Å². The number of amides is 2. The van der Waals surface area contributed by atoms with Crippen molar-refractivity contribution in [1.29, 1.82) is 0 Å². The molecule has 0 atom stereocenters. The van der Waals surface area contributed by atoms with Gasteiger partial charge in [0.25, 0.3) is 5.91 Å². The molecule has 2 rings (SSSR count). The Bertz CT molecular complexity index is 668. The van der Waals surface area contributed by atoms with E-state index in [0.717, 1.165) is 5.56 Å². The molecule has 0 fully saturated rings. The lowest BCUT2D eigenvalue weighted by Gasteiger charge is -2.07. The van der Waals surface area contributed by atoms with E-state index in [1.807, 2.05) is 6.07 Å². The SMILES string of the molecule is COc1cccc(C(=O)NCc2cccc(C(N)=O)c2)c1. The second-order valence-corrected chi connectivity index (χ2v) is 4.48. The second kappa shape index (κ2) is 6.56. The van der Waals surface area contributed by atoms with Crippen LogP contribution in [0.15, 0.2) is 48.5 Å². The molecular weight excluding hydrogens is 268 g/mol. The Balaban J connectivity index is 2.03. The molecular formula is C16H16N2O3. The largest absolute Gasteiger partial charge is 0.497 e. The third-order valence-corrected chi connectivity index (χ3v) is 3.00. The number of carbonyl (C=O) groups excluding carboxylic acids is 2. The summed E-state index contributed by atoms with van der Waals surface area (Å²) >= 11 is 0. The maximum absolute atomic E-state index is 12.0. The van der Waals surface area contributed by atoms with E-state index in [4.69, 9.17) is 10.5 Å². The van der Waals surface area contributed by atoms with Crippen molar-refractivity contribution >= 4 is 11.8 Å². The first-order valence-corrected chi connectivity index (χ1v) is 6.41. The van der Waals surface area contributed by atoms with E-state index in [2.05, 4.69) is 5.32 Å². The van der Waals surface area contributed by atoms with Crippen molar-refractivity contribution in [2.45, 2.75) is 6.54 Å². The quantitative estimate of drug-likeness (QED) is 0.877. The molecule has 5 heteroatoms. The average molecular weight is 284 g/mol. The van der Waals surface area contributed by atoms with E-state index in [-0.39, 0.29) is 5.91 Å². The van der Waals surface area contributed by atoms with Crippen LogP contribution in [0.2, 0.25) is 0 Å². The fourth-order valence-corrected chi connectivity index (χ4v) is 1.88. The molecule has 2 aromatic carbocycles. The van der Waals surface area contributed by atoms with Crippen LogP contribution in [-0.4, -0.2) is 18.9 Å². The number of nitrogens with one attached hydrogen (secondary N) is 1. The summed E-state index contributed by atoms with van der Waals surface area (Å²) in [6.07, 6.45) is 0. The average Bonchev–Trinajstić information content (AvgIpc) is 2.53. The Labute approximate surface area is 122 Å². The van der Waals surface area contributed by atoms with Gasteiger partial charge in [0.2, 0.25) is 5.91 Å². The minimum Gasteiger partial charge on any atom is -0.497 e. The molecule has 0 saturated heterocycles. The lowest BCUT2D eigenvalue weighted by molar-refractivity contribution is 0.0950. The zero-order valence-electron chi connectivity index (χ0n) is 11.6. The van der Waals surface area contributed by atoms with Gasteiger partial charge in [0.05, 0.1) is 7.11 Å². The highest BCUT2D eigenvalue weighted by Crippen LogP contribution is 2.12. The van der Waals surface area contributed by atoms with Gasteiger partial charge in [0, 0.05) is 17.7 Å². The van der Waals surface area contributed by atoms with Crippen LogP contribution in [0.5, 0.6) is 5.75 Å². The summed E-state index contributed by atoms with van der Waals surface area (Å²) in [6, 6.07) is 13.7. The summed E-state index contributed by atoms with van der Waals surface area (Å²) < 4.78 is 5.08. The van der Waals surface area contributed by atoms with Gasteiger partial charge in [0.1, 0.15) is 5.75 Å². The van der Waals surface area contributed by atoms with Crippen molar-refractivity contribution in [2.24, 2.45) is 5.73 Å². The molecule has 0 heterocycles. The molecule has 0 aliphatic rings. The Morgan fingerprint density at radius 2 is 1.81 bits per heavy atom. The van der Waals surface area contributed by atoms with Crippen molar-refractivity contribution in [3.05, 3.63) is 65.2 Å². The van der Waals surface area contributed by atoms with E-state index >= 15 is 0 Å². The lowest BCUT2D eigenvalue weighted by atomic mass is 10.1. The first-order valence-electron chi connectivity index (χ1n) is 6.41. The van der Waals surface area contributed by atoms with Crippen molar-refractivity contribution < 1.29 is 14.3 Å². The minimum absolute atomic E-state index is 0.210. The summed E-state index contributed by atoms with van der Waals surface area (Å²) in [7, 11) is 1.55. The van der Waals surface area contributed by atoms with Gasteiger partial charge in [-0.3, -0.25) is 9.59 Å². The van der Waals surface area contributed by atoms with Crippen LogP contribution in [0.4, 0.5) is 0 Å². The Morgan fingerprint density at radius 1 is 1.10 bits per heavy atom. The predicted octanol–water partition coefficient (Wildman–Crippen LogP) is 1.72. The number of carbonyl (C=O) groups is 2. The molecule has 108 valence electrons. The topological polar surface area (TPSA) is 81.4 Å². The maximum atomic E-state index is 12.0. The number of primary amides is 1. The third-order valence-electron chi connectivity index (χ3n) is 3.00. The molecule has 0 saturated carbocycles. The van der Waals surface area contributed by atoms with Gasteiger partial charge >= 0.3 is 0 Å². The van der Waals surface area contributed by atoms with Gasteiger partial charge < -0.3 is 15.8 Å².